The Hall–Kier alpha value is -0.920. The summed E-state index contributed by atoms with van der Waals surface area (Å²) in [6.45, 7) is 1.64. The van der Waals surface area contributed by atoms with Crippen LogP contribution in [0.5, 0.6) is 0 Å². The summed E-state index contributed by atoms with van der Waals surface area (Å²) < 4.78 is 14.1. The van der Waals surface area contributed by atoms with Crippen molar-refractivity contribution in [2.45, 2.75) is 18.9 Å². The first-order valence-electron chi connectivity index (χ1n) is 4.09. The van der Waals surface area contributed by atoms with Gasteiger partial charge in [0.15, 0.2) is 0 Å². The van der Waals surface area contributed by atoms with Gasteiger partial charge in [-0.15, -0.1) is 0 Å². The number of nitriles is 1. The fourth-order valence-electron chi connectivity index (χ4n) is 1.21. The van der Waals surface area contributed by atoms with E-state index in [1.165, 1.54) is 6.07 Å². The van der Waals surface area contributed by atoms with Crippen molar-refractivity contribution in [3.05, 3.63) is 34.1 Å². The van der Waals surface area contributed by atoms with Crippen molar-refractivity contribution in [1.29, 1.82) is 5.26 Å². The first kappa shape index (κ1) is 11.2. The molecule has 0 amide bonds. The van der Waals surface area contributed by atoms with Gasteiger partial charge in [-0.2, -0.15) is 5.26 Å². The zero-order valence-corrected chi connectivity index (χ0v) is 9.31. The molecule has 0 saturated carbocycles. The monoisotopic (exact) mass is 256 g/mol. The van der Waals surface area contributed by atoms with E-state index in [4.69, 9.17) is 11.0 Å². The average molecular weight is 257 g/mol. The zero-order valence-electron chi connectivity index (χ0n) is 7.72. The van der Waals surface area contributed by atoms with Gasteiger partial charge in [0.25, 0.3) is 0 Å². The molecule has 2 N–H and O–H groups in total. The lowest BCUT2D eigenvalue weighted by Gasteiger charge is -2.22. The van der Waals surface area contributed by atoms with Crippen LogP contribution in [0.4, 0.5) is 4.39 Å². The molecule has 0 unspecified atom stereocenters. The van der Waals surface area contributed by atoms with Crippen molar-refractivity contribution in [2.24, 2.45) is 5.73 Å². The molecule has 0 aliphatic rings. The Kier molecular flexibility index (Phi) is 3.25. The second kappa shape index (κ2) is 4.07. The Labute approximate surface area is 90.7 Å². The maximum absolute atomic E-state index is 13.5. The number of rotatable bonds is 2. The van der Waals surface area contributed by atoms with Crippen LogP contribution in [0.2, 0.25) is 0 Å². The van der Waals surface area contributed by atoms with E-state index in [0.717, 1.165) is 0 Å². The van der Waals surface area contributed by atoms with Crippen molar-refractivity contribution >= 4 is 15.9 Å². The minimum Gasteiger partial charge on any atom is -0.321 e. The summed E-state index contributed by atoms with van der Waals surface area (Å²) in [6.07, 6.45) is 0.0888. The van der Waals surface area contributed by atoms with Gasteiger partial charge in [0, 0.05) is 10.0 Å². The third-order valence-electron chi connectivity index (χ3n) is 1.99. The summed E-state index contributed by atoms with van der Waals surface area (Å²) in [5, 5.41) is 8.55. The van der Waals surface area contributed by atoms with Crippen molar-refractivity contribution in [2.75, 3.05) is 0 Å². The molecule has 0 aromatic heterocycles. The van der Waals surface area contributed by atoms with Crippen molar-refractivity contribution < 1.29 is 4.39 Å². The maximum Gasteiger partial charge on any atom is 0.129 e. The summed E-state index contributed by atoms with van der Waals surface area (Å²) >= 11 is 3.16. The van der Waals surface area contributed by atoms with E-state index < -0.39 is 5.54 Å². The molecule has 0 aliphatic heterocycles. The van der Waals surface area contributed by atoms with E-state index in [1.54, 1.807) is 19.1 Å². The van der Waals surface area contributed by atoms with Gasteiger partial charge in [0.1, 0.15) is 5.82 Å². The molecule has 0 aliphatic carbocycles. The highest BCUT2D eigenvalue weighted by atomic mass is 79.9. The van der Waals surface area contributed by atoms with Gasteiger partial charge in [0.2, 0.25) is 0 Å². The van der Waals surface area contributed by atoms with Gasteiger partial charge in [-0.25, -0.2) is 4.39 Å². The van der Waals surface area contributed by atoms with E-state index in [-0.39, 0.29) is 12.2 Å². The largest absolute Gasteiger partial charge is 0.321 e. The third-order valence-corrected chi connectivity index (χ3v) is 2.49. The second-order valence-corrected chi connectivity index (χ2v) is 4.29. The molecule has 0 spiro atoms. The van der Waals surface area contributed by atoms with E-state index in [9.17, 15) is 4.39 Å². The van der Waals surface area contributed by atoms with E-state index in [1.807, 2.05) is 6.07 Å². The molecule has 1 atom stereocenters. The van der Waals surface area contributed by atoms with Crippen LogP contribution in [0.25, 0.3) is 0 Å². The fourth-order valence-corrected chi connectivity index (χ4v) is 1.55. The molecule has 2 nitrogen and oxygen atoms in total. The Morgan fingerprint density at radius 2 is 2.29 bits per heavy atom. The molecule has 1 aromatic rings. The topological polar surface area (TPSA) is 49.8 Å². The minimum absolute atomic E-state index is 0.0888. The molecule has 74 valence electrons. The molecule has 0 heterocycles. The smallest absolute Gasteiger partial charge is 0.129 e. The molecular formula is C10H10BrFN2. The molecule has 14 heavy (non-hydrogen) atoms. The third kappa shape index (κ3) is 2.31. The highest BCUT2D eigenvalue weighted by Crippen LogP contribution is 2.26. The van der Waals surface area contributed by atoms with E-state index >= 15 is 0 Å². The van der Waals surface area contributed by atoms with Gasteiger partial charge in [-0.1, -0.05) is 22.0 Å². The standard InChI is InChI=1S/C10H10BrFN2/c1-10(14,4-5-13)8-3-2-7(11)6-9(8)12/h2-3,6H,4,14H2,1H3/t10-/m0/s1. The van der Waals surface area contributed by atoms with Crippen molar-refractivity contribution in [1.82, 2.24) is 0 Å². The van der Waals surface area contributed by atoms with Gasteiger partial charge in [0.05, 0.1) is 18.0 Å². The van der Waals surface area contributed by atoms with Crippen LogP contribution in [0, 0.1) is 17.1 Å². The number of hydrogen-bond acceptors (Lipinski definition) is 2. The zero-order chi connectivity index (χ0) is 10.8. The predicted molar refractivity (Wildman–Crippen MR) is 55.9 cm³/mol. The Bertz CT molecular complexity index is 382. The summed E-state index contributed by atoms with van der Waals surface area (Å²) in [5.41, 5.74) is 5.25. The highest BCUT2D eigenvalue weighted by Gasteiger charge is 2.24. The van der Waals surface area contributed by atoms with E-state index in [0.29, 0.717) is 10.0 Å². The summed E-state index contributed by atoms with van der Waals surface area (Å²) in [7, 11) is 0. The minimum atomic E-state index is -0.931. The van der Waals surface area contributed by atoms with Crippen molar-refractivity contribution in [3.63, 3.8) is 0 Å². The quantitative estimate of drug-likeness (QED) is 0.885. The molecular weight excluding hydrogens is 247 g/mol. The fraction of sp³-hybridized carbons (Fsp3) is 0.300. The van der Waals surface area contributed by atoms with Gasteiger partial charge in [-0.05, 0) is 19.1 Å². The molecule has 0 bridgehead atoms. The SMILES string of the molecule is C[C@](N)(CC#N)c1ccc(Br)cc1F. The predicted octanol–water partition coefficient (Wildman–Crippen LogP) is 2.68. The lowest BCUT2D eigenvalue weighted by Crippen LogP contribution is -2.33. The summed E-state index contributed by atoms with van der Waals surface area (Å²) in [4.78, 5) is 0. The second-order valence-electron chi connectivity index (χ2n) is 3.38. The van der Waals surface area contributed by atoms with Crippen LogP contribution in [-0.2, 0) is 5.54 Å². The van der Waals surface area contributed by atoms with Gasteiger partial charge in [-0.3, -0.25) is 0 Å². The van der Waals surface area contributed by atoms with Crippen LogP contribution >= 0.6 is 15.9 Å². The number of hydrogen-bond donors (Lipinski definition) is 1. The number of nitrogens with zero attached hydrogens (tertiary/aromatic N) is 1. The molecule has 1 rings (SSSR count). The Balaban J connectivity index is 3.14. The highest BCUT2D eigenvalue weighted by molar-refractivity contribution is 9.10. The lowest BCUT2D eigenvalue weighted by molar-refractivity contribution is 0.469. The van der Waals surface area contributed by atoms with Gasteiger partial charge >= 0.3 is 0 Å². The Morgan fingerprint density at radius 1 is 1.64 bits per heavy atom. The van der Waals surface area contributed by atoms with Crippen LogP contribution < -0.4 is 5.73 Å². The summed E-state index contributed by atoms with van der Waals surface area (Å²) in [5.74, 6) is -0.389. The normalized spacial score (nSPS) is 14.5. The average Bonchev–Trinajstić information content (AvgIpc) is 2.02. The number of halogens is 2. The molecule has 0 saturated heterocycles. The van der Waals surface area contributed by atoms with E-state index in [2.05, 4.69) is 15.9 Å². The van der Waals surface area contributed by atoms with Crippen LogP contribution in [0.1, 0.15) is 18.9 Å². The van der Waals surface area contributed by atoms with Crippen molar-refractivity contribution in [3.8, 4) is 6.07 Å². The number of nitrogens with two attached hydrogens (primary N) is 1. The Morgan fingerprint density at radius 3 is 2.79 bits per heavy atom. The van der Waals surface area contributed by atoms with Crippen LogP contribution in [0.3, 0.4) is 0 Å². The molecule has 1 aromatic carbocycles. The first-order chi connectivity index (χ1) is 6.47. The van der Waals surface area contributed by atoms with Gasteiger partial charge < -0.3 is 5.73 Å². The molecule has 0 fully saturated rings. The summed E-state index contributed by atoms with van der Waals surface area (Å²) in [6, 6.07) is 6.59. The molecule has 0 radical (unpaired) electrons. The first-order valence-corrected chi connectivity index (χ1v) is 4.88. The lowest BCUT2D eigenvalue weighted by atomic mass is 9.90. The van der Waals surface area contributed by atoms with Crippen LogP contribution in [0.15, 0.2) is 22.7 Å². The number of benzene rings is 1. The maximum atomic E-state index is 13.5. The molecule has 4 heteroatoms. The van der Waals surface area contributed by atoms with Crippen LogP contribution in [-0.4, -0.2) is 0 Å².